The van der Waals surface area contributed by atoms with E-state index in [2.05, 4.69) is 10.0 Å². The average Bonchev–Trinajstić information content (AvgIpc) is 2.64. The summed E-state index contributed by atoms with van der Waals surface area (Å²) in [6, 6.07) is 15.2. The summed E-state index contributed by atoms with van der Waals surface area (Å²) in [5.74, 6) is -0.294. The molecule has 0 bridgehead atoms. The van der Waals surface area contributed by atoms with E-state index in [4.69, 9.17) is 5.73 Å². The molecule has 6 nitrogen and oxygen atoms in total. The molecule has 25 heavy (non-hydrogen) atoms. The fourth-order valence-corrected chi connectivity index (χ4v) is 3.30. The number of carbonyl (C=O) groups is 1. The number of hydrogen-bond donors (Lipinski definition) is 3. The summed E-state index contributed by atoms with van der Waals surface area (Å²) in [5, 5.41) is 2.76. The summed E-state index contributed by atoms with van der Waals surface area (Å²) in [6.45, 7) is 1.29. The fourth-order valence-electron chi connectivity index (χ4n) is 2.24. The molecule has 0 aromatic heterocycles. The van der Waals surface area contributed by atoms with Crippen molar-refractivity contribution in [3.63, 3.8) is 0 Å². The maximum atomic E-state index is 12.4. The Labute approximate surface area is 148 Å². The molecule has 0 aliphatic carbocycles. The lowest BCUT2D eigenvalue weighted by molar-refractivity contribution is 0.0953. The van der Waals surface area contributed by atoms with Crippen molar-refractivity contribution in [1.82, 2.24) is 10.0 Å². The van der Waals surface area contributed by atoms with Gasteiger partial charge in [-0.1, -0.05) is 36.4 Å². The Balaban J connectivity index is 2.02. The molecule has 2 aromatic rings. The Kier molecular flexibility index (Phi) is 7.12. The highest BCUT2D eigenvalue weighted by molar-refractivity contribution is 7.89. The molecule has 0 radical (unpaired) electrons. The van der Waals surface area contributed by atoms with E-state index in [1.807, 2.05) is 30.3 Å². The second-order valence-electron chi connectivity index (χ2n) is 5.59. The number of nitrogens with one attached hydrogen (secondary N) is 2. The van der Waals surface area contributed by atoms with Crippen LogP contribution in [0.5, 0.6) is 0 Å². The van der Waals surface area contributed by atoms with Crippen molar-refractivity contribution in [1.29, 1.82) is 0 Å². The number of rotatable bonds is 9. The molecule has 0 unspecified atom stereocenters. The van der Waals surface area contributed by atoms with Crippen molar-refractivity contribution in [3.05, 3.63) is 65.7 Å². The van der Waals surface area contributed by atoms with Crippen LogP contribution < -0.4 is 15.8 Å². The van der Waals surface area contributed by atoms with Gasteiger partial charge in [-0.15, -0.1) is 0 Å². The zero-order valence-electron chi connectivity index (χ0n) is 13.9. The third-order valence-corrected chi connectivity index (χ3v) is 5.03. The summed E-state index contributed by atoms with van der Waals surface area (Å²) in [7, 11) is -3.69. The van der Waals surface area contributed by atoms with Crippen LogP contribution in [0.15, 0.2) is 59.5 Å². The van der Waals surface area contributed by atoms with Crippen molar-refractivity contribution in [2.75, 3.05) is 13.1 Å². The summed E-state index contributed by atoms with van der Waals surface area (Å²) in [4.78, 5) is 12.2. The van der Waals surface area contributed by atoms with E-state index in [0.717, 1.165) is 18.4 Å². The van der Waals surface area contributed by atoms with Gasteiger partial charge in [-0.05, 0) is 43.1 Å². The summed E-state index contributed by atoms with van der Waals surface area (Å²) < 4.78 is 27.4. The molecule has 2 rings (SSSR count). The SMILES string of the molecule is NCCCCNC(=O)c1cccc(S(=O)(=O)NCc2ccccc2)c1. The van der Waals surface area contributed by atoms with Crippen molar-refractivity contribution in [2.45, 2.75) is 24.3 Å². The largest absolute Gasteiger partial charge is 0.352 e. The molecule has 0 atom stereocenters. The van der Waals surface area contributed by atoms with Gasteiger partial charge >= 0.3 is 0 Å². The smallest absolute Gasteiger partial charge is 0.251 e. The van der Waals surface area contributed by atoms with E-state index in [1.165, 1.54) is 12.1 Å². The molecule has 7 heteroatoms. The Bertz CT molecular complexity index is 792. The minimum Gasteiger partial charge on any atom is -0.352 e. The topological polar surface area (TPSA) is 101 Å². The first kappa shape index (κ1) is 19.1. The van der Waals surface area contributed by atoms with E-state index >= 15 is 0 Å². The monoisotopic (exact) mass is 361 g/mol. The second-order valence-corrected chi connectivity index (χ2v) is 7.36. The maximum absolute atomic E-state index is 12.4. The minimum atomic E-state index is -3.69. The number of benzene rings is 2. The molecule has 4 N–H and O–H groups in total. The molecule has 0 aliphatic rings. The number of amides is 1. The number of sulfonamides is 1. The Morgan fingerprint density at radius 1 is 1.00 bits per heavy atom. The van der Waals surface area contributed by atoms with Crippen molar-refractivity contribution in [2.24, 2.45) is 5.73 Å². The zero-order valence-corrected chi connectivity index (χ0v) is 14.8. The third-order valence-electron chi connectivity index (χ3n) is 3.63. The van der Waals surface area contributed by atoms with Crippen LogP contribution in [0.4, 0.5) is 0 Å². The molecule has 134 valence electrons. The van der Waals surface area contributed by atoms with Gasteiger partial charge in [0.1, 0.15) is 0 Å². The van der Waals surface area contributed by atoms with Crippen LogP contribution in [0.3, 0.4) is 0 Å². The van der Waals surface area contributed by atoms with Gasteiger partial charge in [0.25, 0.3) is 5.91 Å². The number of hydrogen-bond acceptors (Lipinski definition) is 4. The Morgan fingerprint density at radius 3 is 2.48 bits per heavy atom. The van der Waals surface area contributed by atoms with Gasteiger partial charge in [0.2, 0.25) is 10.0 Å². The summed E-state index contributed by atoms with van der Waals surface area (Å²) in [6.07, 6.45) is 1.62. The molecule has 0 aliphatic heterocycles. The van der Waals surface area contributed by atoms with Crippen molar-refractivity contribution >= 4 is 15.9 Å². The Hall–Kier alpha value is -2.22. The van der Waals surface area contributed by atoms with E-state index in [-0.39, 0.29) is 17.3 Å². The van der Waals surface area contributed by atoms with Crippen molar-refractivity contribution in [3.8, 4) is 0 Å². The molecule has 0 spiro atoms. The first-order chi connectivity index (χ1) is 12.0. The first-order valence-corrected chi connectivity index (χ1v) is 9.63. The third kappa shape index (κ3) is 5.97. The van der Waals surface area contributed by atoms with Gasteiger partial charge in [-0.2, -0.15) is 0 Å². The minimum absolute atomic E-state index is 0.0676. The van der Waals surface area contributed by atoms with Crippen molar-refractivity contribution < 1.29 is 13.2 Å². The first-order valence-electron chi connectivity index (χ1n) is 8.15. The highest BCUT2D eigenvalue weighted by atomic mass is 32.2. The molecule has 0 saturated carbocycles. The van der Waals surface area contributed by atoms with Crippen LogP contribution in [-0.2, 0) is 16.6 Å². The van der Waals surface area contributed by atoms with E-state index in [9.17, 15) is 13.2 Å². The van der Waals surface area contributed by atoms with Gasteiger partial charge in [-0.25, -0.2) is 13.1 Å². The molecule has 2 aromatic carbocycles. The van der Waals surface area contributed by atoms with Crippen LogP contribution in [0, 0.1) is 0 Å². The molecule has 0 heterocycles. The Morgan fingerprint density at radius 2 is 1.76 bits per heavy atom. The van der Waals surface area contributed by atoms with Gasteiger partial charge in [0.05, 0.1) is 4.90 Å². The summed E-state index contributed by atoms with van der Waals surface area (Å²) >= 11 is 0. The second kappa shape index (κ2) is 9.31. The number of nitrogens with two attached hydrogens (primary N) is 1. The van der Waals surface area contributed by atoms with Crippen LogP contribution >= 0.6 is 0 Å². The predicted octanol–water partition coefficient (Wildman–Crippen LogP) is 1.63. The molecular formula is C18H23N3O3S. The van der Waals surface area contributed by atoms with E-state index in [0.29, 0.717) is 18.7 Å². The van der Waals surface area contributed by atoms with Crippen LogP contribution in [-0.4, -0.2) is 27.4 Å². The van der Waals surface area contributed by atoms with Gasteiger partial charge in [0, 0.05) is 18.7 Å². The highest BCUT2D eigenvalue weighted by Crippen LogP contribution is 2.12. The highest BCUT2D eigenvalue weighted by Gasteiger charge is 2.16. The van der Waals surface area contributed by atoms with Gasteiger partial charge in [0.15, 0.2) is 0 Å². The number of unbranched alkanes of at least 4 members (excludes halogenated alkanes) is 1. The predicted molar refractivity (Wildman–Crippen MR) is 97.5 cm³/mol. The van der Waals surface area contributed by atoms with E-state index < -0.39 is 10.0 Å². The van der Waals surface area contributed by atoms with Crippen LogP contribution in [0.2, 0.25) is 0 Å². The zero-order chi connectivity index (χ0) is 18.1. The van der Waals surface area contributed by atoms with Crippen LogP contribution in [0.1, 0.15) is 28.8 Å². The van der Waals surface area contributed by atoms with E-state index in [1.54, 1.807) is 12.1 Å². The standard InChI is InChI=1S/C18H23N3O3S/c19-11-4-5-12-20-18(22)16-9-6-10-17(13-16)25(23,24)21-14-15-7-2-1-3-8-15/h1-3,6-10,13,21H,4-5,11-12,14,19H2,(H,20,22). The van der Waals surface area contributed by atoms with Crippen LogP contribution in [0.25, 0.3) is 0 Å². The molecular weight excluding hydrogens is 338 g/mol. The number of carbonyl (C=O) groups excluding carboxylic acids is 1. The lowest BCUT2D eigenvalue weighted by Gasteiger charge is -2.09. The lowest BCUT2D eigenvalue weighted by atomic mass is 10.2. The lowest BCUT2D eigenvalue weighted by Crippen LogP contribution is -2.26. The average molecular weight is 361 g/mol. The summed E-state index contributed by atoms with van der Waals surface area (Å²) in [5.41, 5.74) is 6.58. The van der Waals surface area contributed by atoms with Gasteiger partial charge < -0.3 is 11.1 Å². The quantitative estimate of drug-likeness (QED) is 0.591. The molecule has 1 amide bonds. The fraction of sp³-hybridized carbons (Fsp3) is 0.278. The maximum Gasteiger partial charge on any atom is 0.251 e. The molecule has 0 saturated heterocycles. The van der Waals surface area contributed by atoms with Gasteiger partial charge in [-0.3, -0.25) is 4.79 Å². The molecule has 0 fully saturated rings. The normalized spacial score (nSPS) is 11.2.